The maximum Gasteiger partial charge on any atom is 0.243 e. The Balaban J connectivity index is 1.79. The van der Waals surface area contributed by atoms with Crippen LogP contribution in [0.2, 0.25) is 5.02 Å². The maximum absolute atomic E-state index is 13.8. The minimum atomic E-state index is -3.75. The van der Waals surface area contributed by atoms with Gasteiger partial charge in [-0.1, -0.05) is 43.6 Å². The van der Waals surface area contributed by atoms with E-state index in [4.69, 9.17) is 16.7 Å². The highest BCUT2D eigenvalue weighted by Crippen LogP contribution is 2.32. The van der Waals surface area contributed by atoms with Crippen LogP contribution in [0, 0.1) is 6.92 Å². The largest absolute Gasteiger partial charge is 0.354 e. The van der Waals surface area contributed by atoms with Crippen LogP contribution < -0.4 is 4.90 Å². The molecule has 3 aromatic rings. The minimum Gasteiger partial charge on any atom is -0.354 e. The van der Waals surface area contributed by atoms with E-state index < -0.39 is 10.0 Å². The molecule has 4 rings (SSSR count). The fourth-order valence-corrected chi connectivity index (χ4v) is 6.46. The summed E-state index contributed by atoms with van der Waals surface area (Å²) in [4.78, 5) is 5.04. The molecule has 9 heteroatoms. The molecule has 0 saturated carbocycles. The van der Waals surface area contributed by atoms with E-state index in [0.717, 1.165) is 55.5 Å². The quantitative estimate of drug-likeness (QED) is 0.392. The van der Waals surface area contributed by atoms with Crippen molar-refractivity contribution in [1.29, 1.82) is 0 Å². The smallest absolute Gasteiger partial charge is 0.243 e. The third kappa shape index (κ3) is 5.47. The fourth-order valence-electron chi connectivity index (χ4n) is 4.66. The van der Waals surface area contributed by atoms with Crippen molar-refractivity contribution in [2.24, 2.45) is 0 Å². The zero-order valence-corrected chi connectivity index (χ0v) is 23.1. The molecule has 1 atom stereocenters. The summed E-state index contributed by atoms with van der Waals surface area (Å²) in [6.45, 7) is 13.1. The molecule has 1 aromatic heterocycles. The number of anilines is 1. The first-order chi connectivity index (χ1) is 17.3. The SMILES string of the molecule is CCC(C)N(Cc1c(C)nn(-c2ccccc2)c1N1CCN(CC)CC1)S(=O)(=O)c1ccc(Cl)cc1. The predicted molar refractivity (Wildman–Crippen MR) is 147 cm³/mol. The Morgan fingerprint density at radius 2 is 1.64 bits per heavy atom. The van der Waals surface area contributed by atoms with Crippen molar-refractivity contribution in [1.82, 2.24) is 19.0 Å². The third-order valence-electron chi connectivity index (χ3n) is 7.09. The molecule has 1 aliphatic heterocycles. The molecule has 0 bridgehead atoms. The van der Waals surface area contributed by atoms with Gasteiger partial charge in [-0.15, -0.1) is 0 Å². The highest BCUT2D eigenvalue weighted by molar-refractivity contribution is 7.89. The molecular weight excluding hydrogens is 494 g/mol. The molecule has 1 aliphatic rings. The zero-order chi connectivity index (χ0) is 25.9. The van der Waals surface area contributed by atoms with Crippen LogP contribution in [-0.2, 0) is 16.6 Å². The van der Waals surface area contributed by atoms with Gasteiger partial charge in [0.1, 0.15) is 5.82 Å². The first-order valence-electron chi connectivity index (χ1n) is 12.6. The first kappa shape index (κ1) is 26.7. The highest BCUT2D eigenvalue weighted by atomic mass is 35.5. The molecule has 194 valence electrons. The van der Waals surface area contributed by atoms with Gasteiger partial charge in [0.05, 0.1) is 16.3 Å². The number of hydrogen-bond donors (Lipinski definition) is 0. The van der Waals surface area contributed by atoms with E-state index in [1.807, 2.05) is 55.8 Å². The average molecular weight is 530 g/mol. The van der Waals surface area contributed by atoms with Gasteiger partial charge in [-0.05, 0) is 63.2 Å². The lowest BCUT2D eigenvalue weighted by molar-refractivity contribution is 0.269. The molecule has 2 aromatic carbocycles. The third-order valence-corrected chi connectivity index (χ3v) is 9.32. The van der Waals surface area contributed by atoms with Gasteiger partial charge in [-0.3, -0.25) is 0 Å². The molecule has 2 heterocycles. The molecule has 7 nitrogen and oxygen atoms in total. The van der Waals surface area contributed by atoms with Crippen LogP contribution in [-0.4, -0.2) is 66.2 Å². The van der Waals surface area contributed by atoms with E-state index in [1.54, 1.807) is 28.6 Å². The Morgan fingerprint density at radius 3 is 2.22 bits per heavy atom. The van der Waals surface area contributed by atoms with Gasteiger partial charge in [0.2, 0.25) is 10.0 Å². The molecule has 1 saturated heterocycles. The Bertz CT molecular complexity index is 1250. The van der Waals surface area contributed by atoms with E-state index in [0.29, 0.717) is 11.4 Å². The number of sulfonamides is 1. The molecule has 1 fully saturated rings. The van der Waals surface area contributed by atoms with Crippen LogP contribution >= 0.6 is 11.6 Å². The summed E-state index contributed by atoms with van der Waals surface area (Å²) in [6.07, 6.45) is 0.698. The number of halogens is 1. The molecule has 1 unspecified atom stereocenters. The van der Waals surface area contributed by atoms with Crippen LogP contribution in [0.3, 0.4) is 0 Å². The van der Waals surface area contributed by atoms with Crippen LogP contribution in [0.1, 0.15) is 38.4 Å². The molecule has 0 N–H and O–H groups in total. The van der Waals surface area contributed by atoms with E-state index in [9.17, 15) is 8.42 Å². The number of nitrogens with zero attached hydrogens (tertiary/aromatic N) is 5. The van der Waals surface area contributed by atoms with Gasteiger partial charge in [0.25, 0.3) is 0 Å². The lowest BCUT2D eigenvalue weighted by Gasteiger charge is -2.36. The second-order valence-corrected chi connectivity index (χ2v) is 11.6. The number of aryl methyl sites for hydroxylation is 1. The number of aromatic nitrogens is 2. The van der Waals surface area contributed by atoms with Gasteiger partial charge in [0.15, 0.2) is 0 Å². The van der Waals surface area contributed by atoms with Crippen molar-refractivity contribution >= 4 is 27.4 Å². The maximum atomic E-state index is 13.8. The predicted octanol–water partition coefficient (Wildman–Crippen LogP) is 4.97. The second kappa shape index (κ2) is 11.3. The van der Waals surface area contributed by atoms with Crippen molar-refractivity contribution in [3.63, 3.8) is 0 Å². The van der Waals surface area contributed by atoms with Gasteiger partial charge >= 0.3 is 0 Å². The Labute approximate surface area is 220 Å². The summed E-state index contributed by atoms with van der Waals surface area (Å²) in [5.41, 5.74) is 2.75. The van der Waals surface area contributed by atoms with E-state index >= 15 is 0 Å². The van der Waals surface area contributed by atoms with E-state index in [2.05, 4.69) is 16.7 Å². The Kier molecular flexibility index (Phi) is 8.40. The van der Waals surface area contributed by atoms with Gasteiger partial charge < -0.3 is 9.80 Å². The fraction of sp³-hybridized carbons (Fsp3) is 0.444. The lowest BCUT2D eigenvalue weighted by Crippen LogP contribution is -2.47. The monoisotopic (exact) mass is 529 g/mol. The van der Waals surface area contributed by atoms with Gasteiger partial charge in [-0.2, -0.15) is 9.40 Å². The second-order valence-electron chi connectivity index (χ2n) is 9.32. The number of piperazine rings is 1. The Morgan fingerprint density at radius 1 is 1.00 bits per heavy atom. The van der Waals surface area contributed by atoms with Gasteiger partial charge in [-0.25, -0.2) is 13.1 Å². The molecular formula is C27H36ClN5O2S. The minimum absolute atomic E-state index is 0.185. The summed E-state index contributed by atoms with van der Waals surface area (Å²) in [6, 6.07) is 16.3. The summed E-state index contributed by atoms with van der Waals surface area (Å²) in [5.74, 6) is 0.981. The van der Waals surface area contributed by atoms with Crippen molar-refractivity contribution in [2.75, 3.05) is 37.6 Å². The molecule has 36 heavy (non-hydrogen) atoms. The van der Waals surface area contributed by atoms with Crippen LogP contribution in [0.25, 0.3) is 5.69 Å². The molecule has 0 amide bonds. The van der Waals surface area contributed by atoms with Crippen LogP contribution in [0.5, 0.6) is 0 Å². The van der Waals surface area contributed by atoms with Gasteiger partial charge in [0, 0.05) is 49.4 Å². The standard InChI is InChI=1S/C27H36ClN5O2S/c1-5-21(3)32(36(34,35)25-14-12-23(28)13-15-25)20-26-22(4)29-33(24-10-8-7-9-11-24)27(26)31-18-16-30(6-2)17-19-31/h7-15,21H,5-6,16-20H2,1-4H3. The summed E-state index contributed by atoms with van der Waals surface area (Å²) < 4.78 is 31.3. The number of hydrogen-bond acceptors (Lipinski definition) is 5. The molecule has 0 aliphatic carbocycles. The van der Waals surface area contributed by atoms with Crippen molar-refractivity contribution in [3.05, 3.63) is 70.9 Å². The lowest BCUT2D eigenvalue weighted by atomic mass is 10.1. The summed E-state index contributed by atoms with van der Waals surface area (Å²) in [7, 11) is -3.75. The first-order valence-corrected chi connectivity index (χ1v) is 14.5. The summed E-state index contributed by atoms with van der Waals surface area (Å²) >= 11 is 6.04. The number of rotatable bonds is 9. The van der Waals surface area contributed by atoms with Crippen LogP contribution in [0.15, 0.2) is 59.5 Å². The summed E-state index contributed by atoms with van der Waals surface area (Å²) in [5, 5.41) is 5.43. The van der Waals surface area contributed by atoms with E-state index in [-0.39, 0.29) is 17.5 Å². The number of likely N-dealkylation sites (N-methyl/N-ethyl adjacent to an activating group) is 1. The van der Waals surface area contributed by atoms with E-state index in [1.165, 1.54) is 0 Å². The van der Waals surface area contributed by atoms with Crippen molar-refractivity contribution in [2.45, 2.75) is 51.6 Å². The Hall–Kier alpha value is -2.39. The average Bonchev–Trinajstić information content (AvgIpc) is 3.23. The number of para-hydroxylation sites is 1. The number of benzene rings is 2. The molecule has 0 radical (unpaired) electrons. The molecule has 0 spiro atoms. The normalized spacial score (nSPS) is 16.0. The zero-order valence-electron chi connectivity index (χ0n) is 21.6. The topological polar surface area (TPSA) is 61.7 Å². The van der Waals surface area contributed by atoms with Crippen molar-refractivity contribution in [3.8, 4) is 5.69 Å². The highest BCUT2D eigenvalue weighted by Gasteiger charge is 2.33. The van der Waals surface area contributed by atoms with Crippen molar-refractivity contribution < 1.29 is 8.42 Å². The van der Waals surface area contributed by atoms with Crippen LogP contribution in [0.4, 0.5) is 5.82 Å².